The number of hydrogen-bond acceptors (Lipinski definition) is 3. The summed E-state index contributed by atoms with van der Waals surface area (Å²) in [5, 5.41) is 8.89. The number of rotatable bonds is 7. The van der Waals surface area contributed by atoms with Crippen LogP contribution in [0.3, 0.4) is 0 Å². The first-order chi connectivity index (χ1) is 5.27. The second-order valence-electron chi connectivity index (χ2n) is 2.16. The van der Waals surface area contributed by atoms with Crippen LogP contribution in [0.2, 0.25) is 0 Å². The molecule has 66 valence electrons. The van der Waals surface area contributed by atoms with Crippen LogP contribution in [0, 0.1) is 10.1 Å². The molecule has 0 spiro atoms. The van der Waals surface area contributed by atoms with E-state index in [1.54, 1.807) is 0 Å². The molecule has 0 aliphatic carbocycles. The summed E-state index contributed by atoms with van der Waals surface area (Å²) in [6.07, 6.45) is 3.67. The SMILES string of the molecule is O=[N+]([O-])OCCCCCCCl. The largest absolute Gasteiger partial charge is 0.314 e. The van der Waals surface area contributed by atoms with Gasteiger partial charge < -0.3 is 4.84 Å². The molecule has 0 aromatic heterocycles. The molecular formula is C6H12ClNO3. The van der Waals surface area contributed by atoms with Crippen LogP contribution >= 0.6 is 11.6 Å². The Bertz CT molecular complexity index is 110. The van der Waals surface area contributed by atoms with Crippen LogP contribution in [0.15, 0.2) is 0 Å². The molecule has 5 heteroatoms. The summed E-state index contributed by atoms with van der Waals surface area (Å²) in [6.45, 7) is 0.204. The molecule has 0 rings (SSSR count). The summed E-state index contributed by atoms with van der Waals surface area (Å²) in [5.41, 5.74) is 0. The highest BCUT2D eigenvalue weighted by Gasteiger charge is 1.93. The maximum atomic E-state index is 9.65. The van der Waals surface area contributed by atoms with E-state index >= 15 is 0 Å². The summed E-state index contributed by atoms with van der Waals surface area (Å²) in [5.74, 6) is 0.663. The third-order valence-electron chi connectivity index (χ3n) is 1.22. The van der Waals surface area contributed by atoms with E-state index in [4.69, 9.17) is 11.6 Å². The summed E-state index contributed by atoms with van der Waals surface area (Å²) in [6, 6.07) is 0. The van der Waals surface area contributed by atoms with Crippen LogP contribution in [-0.2, 0) is 4.84 Å². The summed E-state index contributed by atoms with van der Waals surface area (Å²) in [7, 11) is 0. The lowest BCUT2D eigenvalue weighted by molar-refractivity contribution is -0.757. The standard InChI is InChI=1S/C6H12ClNO3/c7-5-3-1-2-4-6-11-8(9)10/h1-6H2. The van der Waals surface area contributed by atoms with Crippen molar-refractivity contribution < 1.29 is 9.92 Å². The Labute approximate surface area is 70.6 Å². The predicted octanol–water partition coefficient (Wildman–Crippen LogP) is 1.99. The van der Waals surface area contributed by atoms with E-state index in [1.165, 1.54) is 0 Å². The Hall–Kier alpha value is -0.510. The normalized spacial score (nSPS) is 9.55. The van der Waals surface area contributed by atoms with Crippen LogP contribution in [-0.4, -0.2) is 17.6 Å². The van der Waals surface area contributed by atoms with Gasteiger partial charge in [-0.05, 0) is 12.8 Å². The predicted molar refractivity (Wildman–Crippen MR) is 42.1 cm³/mol. The third-order valence-corrected chi connectivity index (χ3v) is 1.49. The first-order valence-corrected chi connectivity index (χ1v) is 4.14. The molecule has 0 aromatic carbocycles. The second kappa shape index (κ2) is 7.60. The van der Waals surface area contributed by atoms with Crippen LogP contribution in [0.5, 0.6) is 0 Å². The topological polar surface area (TPSA) is 52.4 Å². The molecule has 0 radical (unpaired) electrons. The molecule has 0 fully saturated rings. The van der Waals surface area contributed by atoms with Crippen LogP contribution in [0.4, 0.5) is 0 Å². The summed E-state index contributed by atoms with van der Waals surface area (Å²) in [4.78, 5) is 13.8. The van der Waals surface area contributed by atoms with Gasteiger partial charge in [0.15, 0.2) is 0 Å². The van der Waals surface area contributed by atoms with Crippen LogP contribution in [0.1, 0.15) is 25.7 Å². The molecule has 11 heavy (non-hydrogen) atoms. The first kappa shape index (κ1) is 10.5. The van der Waals surface area contributed by atoms with Gasteiger partial charge in [-0.15, -0.1) is 21.7 Å². The second-order valence-corrected chi connectivity index (χ2v) is 2.54. The van der Waals surface area contributed by atoms with E-state index in [2.05, 4.69) is 4.84 Å². The lowest BCUT2D eigenvalue weighted by Crippen LogP contribution is -2.01. The first-order valence-electron chi connectivity index (χ1n) is 3.60. The molecule has 0 aliphatic heterocycles. The van der Waals surface area contributed by atoms with E-state index < -0.39 is 5.09 Å². The van der Waals surface area contributed by atoms with E-state index in [0.717, 1.165) is 25.7 Å². The van der Waals surface area contributed by atoms with Gasteiger partial charge in [-0.3, -0.25) is 0 Å². The minimum Gasteiger partial charge on any atom is -0.314 e. The average molecular weight is 182 g/mol. The molecule has 0 bridgehead atoms. The van der Waals surface area contributed by atoms with E-state index in [0.29, 0.717) is 5.88 Å². The molecule has 0 heterocycles. The number of alkyl halides is 1. The van der Waals surface area contributed by atoms with Gasteiger partial charge in [-0.25, -0.2) is 0 Å². The van der Waals surface area contributed by atoms with E-state index in [1.807, 2.05) is 0 Å². The molecule has 0 aromatic rings. The Balaban J connectivity index is 2.85. The van der Waals surface area contributed by atoms with Crippen molar-refractivity contribution in [1.29, 1.82) is 0 Å². The van der Waals surface area contributed by atoms with Gasteiger partial charge in [0.25, 0.3) is 5.09 Å². The average Bonchev–Trinajstić information content (AvgIpc) is 1.96. The Kier molecular flexibility index (Phi) is 7.24. The molecule has 0 N–H and O–H groups in total. The zero-order valence-corrected chi connectivity index (χ0v) is 7.05. The fourth-order valence-corrected chi connectivity index (χ4v) is 0.878. The van der Waals surface area contributed by atoms with Crippen molar-refractivity contribution in [1.82, 2.24) is 0 Å². The quantitative estimate of drug-likeness (QED) is 0.261. The fourth-order valence-electron chi connectivity index (χ4n) is 0.689. The van der Waals surface area contributed by atoms with Gasteiger partial charge in [0.1, 0.15) is 0 Å². The number of unbranched alkanes of at least 4 members (excludes halogenated alkanes) is 3. The molecule has 0 unspecified atom stereocenters. The van der Waals surface area contributed by atoms with Gasteiger partial charge in [-0.2, -0.15) is 0 Å². The summed E-state index contributed by atoms with van der Waals surface area (Å²) < 4.78 is 0. The highest BCUT2D eigenvalue weighted by molar-refractivity contribution is 6.17. The molecule has 4 nitrogen and oxygen atoms in total. The molecule has 0 aliphatic rings. The molecule has 0 saturated carbocycles. The minimum atomic E-state index is -0.762. The smallest absolute Gasteiger partial charge is 0.294 e. The molecule has 0 saturated heterocycles. The Morgan fingerprint density at radius 1 is 1.27 bits per heavy atom. The third kappa shape index (κ3) is 9.49. The van der Waals surface area contributed by atoms with Crippen molar-refractivity contribution in [3.63, 3.8) is 0 Å². The van der Waals surface area contributed by atoms with Crippen LogP contribution in [0.25, 0.3) is 0 Å². The molecule has 0 atom stereocenters. The van der Waals surface area contributed by atoms with E-state index in [-0.39, 0.29) is 6.61 Å². The van der Waals surface area contributed by atoms with Gasteiger partial charge in [0.2, 0.25) is 0 Å². The maximum absolute atomic E-state index is 9.65. The van der Waals surface area contributed by atoms with Gasteiger partial charge in [0.05, 0.1) is 6.61 Å². The monoisotopic (exact) mass is 181 g/mol. The van der Waals surface area contributed by atoms with Gasteiger partial charge in [0, 0.05) is 5.88 Å². The lowest BCUT2D eigenvalue weighted by Gasteiger charge is -1.97. The Morgan fingerprint density at radius 2 is 1.91 bits per heavy atom. The van der Waals surface area contributed by atoms with Crippen molar-refractivity contribution in [3.05, 3.63) is 10.1 Å². The van der Waals surface area contributed by atoms with Crippen molar-refractivity contribution in [3.8, 4) is 0 Å². The highest BCUT2D eigenvalue weighted by Crippen LogP contribution is 2.00. The fraction of sp³-hybridized carbons (Fsp3) is 1.00. The zero-order valence-electron chi connectivity index (χ0n) is 6.29. The maximum Gasteiger partial charge on any atom is 0.294 e. The minimum absolute atomic E-state index is 0.204. The summed E-state index contributed by atoms with van der Waals surface area (Å²) >= 11 is 5.43. The van der Waals surface area contributed by atoms with Crippen molar-refractivity contribution >= 4 is 11.6 Å². The molecule has 0 amide bonds. The number of nitrogens with zero attached hydrogens (tertiary/aromatic N) is 1. The van der Waals surface area contributed by atoms with Gasteiger partial charge >= 0.3 is 0 Å². The lowest BCUT2D eigenvalue weighted by atomic mass is 10.2. The molecular weight excluding hydrogens is 170 g/mol. The van der Waals surface area contributed by atoms with Crippen molar-refractivity contribution in [2.24, 2.45) is 0 Å². The van der Waals surface area contributed by atoms with Crippen LogP contribution < -0.4 is 0 Å². The Morgan fingerprint density at radius 3 is 2.45 bits per heavy atom. The van der Waals surface area contributed by atoms with Gasteiger partial charge in [-0.1, -0.05) is 12.8 Å². The number of hydrogen-bond donors (Lipinski definition) is 0. The number of halogens is 1. The van der Waals surface area contributed by atoms with Crippen molar-refractivity contribution in [2.45, 2.75) is 25.7 Å². The van der Waals surface area contributed by atoms with Crippen molar-refractivity contribution in [2.75, 3.05) is 12.5 Å². The zero-order chi connectivity index (χ0) is 8.53. The van der Waals surface area contributed by atoms with E-state index in [9.17, 15) is 10.1 Å². The highest BCUT2D eigenvalue weighted by atomic mass is 35.5.